The second-order valence-electron chi connectivity index (χ2n) is 4.35. The van der Waals surface area contributed by atoms with E-state index in [1.807, 2.05) is 6.92 Å². The summed E-state index contributed by atoms with van der Waals surface area (Å²) in [6.45, 7) is 1.82. The fraction of sp³-hybridized carbons (Fsp3) is 0.143. The Balaban J connectivity index is 2.27. The number of nitrogens with one attached hydrogen (secondary N) is 2. The molecule has 1 aromatic carbocycles. The van der Waals surface area contributed by atoms with Gasteiger partial charge in [0.25, 0.3) is 11.6 Å². The van der Waals surface area contributed by atoms with E-state index in [9.17, 15) is 19.7 Å². The van der Waals surface area contributed by atoms with Gasteiger partial charge in [-0.3, -0.25) is 19.7 Å². The minimum Gasteiger partial charge on any atom is -0.329 e. The predicted octanol–water partition coefficient (Wildman–Crippen LogP) is 2.10. The first-order chi connectivity index (χ1) is 10.0. The molecule has 0 fully saturated rings. The maximum atomic E-state index is 12.0. The molecule has 2 aromatic rings. The number of carbonyl (C=O) groups excluding carboxylic acids is 1. The van der Waals surface area contributed by atoms with Gasteiger partial charge in [0.2, 0.25) is 5.56 Å². The van der Waals surface area contributed by atoms with Crippen molar-refractivity contribution in [1.29, 1.82) is 0 Å². The number of hydrogen-bond acceptors (Lipinski definition) is 4. The largest absolute Gasteiger partial charge is 0.329 e. The Bertz CT molecular complexity index is 752. The lowest BCUT2D eigenvalue weighted by atomic mass is 10.1. The SMILES string of the molecule is CCc1ccc(NC(=O)c2cc[nH]c(=O)c2)cc1[N+](=O)[O-]. The van der Waals surface area contributed by atoms with Gasteiger partial charge in [-0.05, 0) is 18.6 Å². The summed E-state index contributed by atoms with van der Waals surface area (Å²) in [5.41, 5.74) is 0.649. The lowest BCUT2D eigenvalue weighted by Gasteiger charge is -2.06. The number of rotatable bonds is 4. The summed E-state index contributed by atoms with van der Waals surface area (Å²) in [6.07, 6.45) is 1.89. The third kappa shape index (κ3) is 3.33. The number of benzene rings is 1. The highest BCUT2D eigenvalue weighted by Crippen LogP contribution is 2.23. The maximum Gasteiger partial charge on any atom is 0.274 e. The number of anilines is 1. The highest BCUT2D eigenvalue weighted by atomic mass is 16.6. The number of nitrogens with zero attached hydrogens (tertiary/aromatic N) is 1. The van der Waals surface area contributed by atoms with Crippen molar-refractivity contribution in [2.24, 2.45) is 0 Å². The van der Waals surface area contributed by atoms with Crippen LogP contribution in [0.1, 0.15) is 22.8 Å². The summed E-state index contributed by atoms with van der Waals surface area (Å²) in [7, 11) is 0. The van der Waals surface area contributed by atoms with Gasteiger partial charge >= 0.3 is 0 Å². The number of aryl methyl sites for hydroxylation is 1. The molecule has 7 nitrogen and oxygen atoms in total. The van der Waals surface area contributed by atoms with Crippen molar-refractivity contribution in [3.05, 3.63) is 68.1 Å². The quantitative estimate of drug-likeness (QED) is 0.663. The third-order valence-corrected chi connectivity index (χ3v) is 2.96. The van der Waals surface area contributed by atoms with Crippen molar-refractivity contribution in [3.8, 4) is 0 Å². The zero-order valence-corrected chi connectivity index (χ0v) is 11.3. The van der Waals surface area contributed by atoms with E-state index in [4.69, 9.17) is 0 Å². The standard InChI is InChI=1S/C14H13N3O4/c1-2-9-3-4-11(8-12(9)17(20)21)16-14(19)10-5-6-15-13(18)7-10/h3-8H,2H2,1H3,(H,15,18)(H,16,19). The average Bonchev–Trinajstić information content (AvgIpc) is 2.47. The average molecular weight is 287 g/mol. The molecule has 0 saturated heterocycles. The Morgan fingerprint density at radius 2 is 2.10 bits per heavy atom. The summed E-state index contributed by atoms with van der Waals surface area (Å²) >= 11 is 0. The number of H-pyrrole nitrogens is 1. The molecular weight excluding hydrogens is 274 g/mol. The number of nitro groups is 1. The maximum absolute atomic E-state index is 12.0. The zero-order valence-electron chi connectivity index (χ0n) is 11.3. The minimum atomic E-state index is -0.500. The number of aromatic nitrogens is 1. The van der Waals surface area contributed by atoms with Gasteiger partial charge in [0.1, 0.15) is 0 Å². The molecular formula is C14H13N3O4. The Labute approximate surface area is 119 Å². The van der Waals surface area contributed by atoms with Crippen LogP contribution < -0.4 is 10.9 Å². The van der Waals surface area contributed by atoms with Crippen LogP contribution in [0.3, 0.4) is 0 Å². The molecule has 0 spiro atoms. The monoisotopic (exact) mass is 287 g/mol. The molecule has 0 atom stereocenters. The van der Waals surface area contributed by atoms with Crippen molar-refractivity contribution in [2.45, 2.75) is 13.3 Å². The summed E-state index contributed by atoms with van der Waals surface area (Å²) in [5.74, 6) is -0.500. The van der Waals surface area contributed by atoms with Crippen molar-refractivity contribution in [2.75, 3.05) is 5.32 Å². The topological polar surface area (TPSA) is 105 Å². The lowest BCUT2D eigenvalue weighted by molar-refractivity contribution is -0.385. The van der Waals surface area contributed by atoms with E-state index in [0.29, 0.717) is 17.7 Å². The van der Waals surface area contributed by atoms with Gasteiger partial charge in [0.15, 0.2) is 0 Å². The van der Waals surface area contributed by atoms with E-state index in [2.05, 4.69) is 10.3 Å². The fourth-order valence-corrected chi connectivity index (χ4v) is 1.90. The third-order valence-electron chi connectivity index (χ3n) is 2.96. The normalized spacial score (nSPS) is 10.1. The molecule has 0 bridgehead atoms. The van der Waals surface area contributed by atoms with Crippen LogP contribution in [-0.2, 0) is 6.42 Å². The van der Waals surface area contributed by atoms with Gasteiger partial charge in [-0.15, -0.1) is 0 Å². The molecule has 0 aliphatic heterocycles. The summed E-state index contributed by atoms with van der Waals surface area (Å²) < 4.78 is 0. The number of carbonyl (C=O) groups is 1. The van der Waals surface area contributed by atoms with Crippen LogP contribution in [-0.4, -0.2) is 15.8 Å². The van der Waals surface area contributed by atoms with Crippen LogP contribution in [0.25, 0.3) is 0 Å². The van der Waals surface area contributed by atoms with Gasteiger partial charge in [-0.2, -0.15) is 0 Å². The highest BCUT2D eigenvalue weighted by Gasteiger charge is 2.14. The van der Waals surface area contributed by atoms with Crippen LogP contribution in [0.5, 0.6) is 0 Å². The molecule has 1 amide bonds. The summed E-state index contributed by atoms with van der Waals surface area (Å²) in [6, 6.07) is 7.11. The molecule has 1 heterocycles. The van der Waals surface area contributed by atoms with Gasteiger partial charge in [-0.25, -0.2) is 0 Å². The Kier molecular flexibility index (Phi) is 4.13. The first kappa shape index (κ1) is 14.4. The summed E-state index contributed by atoms with van der Waals surface area (Å²) in [4.78, 5) is 36.0. The molecule has 108 valence electrons. The minimum absolute atomic E-state index is 0.0405. The number of nitro benzene ring substituents is 1. The van der Waals surface area contributed by atoms with Crippen molar-refractivity contribution in [1.82, 2.24) is 4.98 Å². The van der Waals surface area contributed by atoms with E-state index in [-0.39, 0.29) is 11.3 Å². The molecule has 2 N–H and O–H groups in total. The van der Waals surface area contributed by atoms with Gasteiger partial charge in [-0.1, -0.05) is 13.0 Å². The zero-order chi connectivity index (χ0) is 15.4. The van der Waals surface area contributed by atoms with Crippen LogP contribution in [0.4, 0.5) is 11.4 Å². The van der Waals surface area contributed by atoms with E-state index in [1.165, 1.54) is 18.3 Å². The molecule has 21 heavy (non-hydrogen) atoms. The second-order valence-corrected chi connectivity index (χ2v) is 4.35. The number of hydrogen-bond donors (Lipinski definition) is 2. The van der Waals surface area contributed by atoms with Crippen molar-refractivity contribution < 1.29 is 9.72 Å². The Morgan fingerprint density at radius 1 is 1.33 bits per heavy atom. The molecule has 0 saturated carbocycles. The van der Waals surface area contributed by atoms with E-state index in [0.717, 1.165) is 6.07 Å². The lowest BCUT2D eigenvalue weighted by Crippen LogP contribution is -2.15. The van der Waals surface area contributed by atoms with Gasteiger partial charge in [0.05, 0.1) is 4.92 Å². The Morgan fingerprint density at radius 3 is 2.71 bits per heavy atom. The molecule has 2 rings (SSSR count). The molecule has 0 unspecified atom stereocenters. The van der Waals surface area contributed by atoms with E-state index < -0.39 is 16.4 Å². The number of aromatic amines is 1. The van der Waals surface area contributed by atoms with E-state index >= 15 is 0 Å². The molecule has 0 aliphatic rings. The van der Waals surface area contributed by atoms with Gasteiger partial charge in [0, 0.05) is 35.1 Å². The molecule has 7 heteroatoms. The van der Waals surface area contributed by atoms with Gasteiger partial charge < -0.3 is 10.3 Å². The first-order valence-electron chi connectivity index (χ1n) is 6.28. The van der Waals surface area contributed by atoms with E-state index in [1.54, 1.807) is 12.1 Å². The fourth-order valence-electron chi connectivity index (χ4n) is 1.90. The first-order valence-corrected chi connectivity index (χ1v) is 6.28. The van der Waals surface area contributed by atoms with Crippen LogP contribution in [0.15, 0.2) is 41.3 Å². The van der Waals surface area contributed by atoms with Crippen LogP contribution in [0, 0.1) is 10.1 Å². The number of amides is 1. The predicted molar refractivity (Wildman–Crippen MR) is 77.5 cm³/mol. The van der Waals surface area contributed by atoms with Crippen LogP contribution in [0.2, 0.25) is 0 Å². The van der Waals surface area contributed by atoms with Crippen LogP contribution >= 0.6 is 0 Å². The highest BCUT2D eigenvalue weighted by molar-refractivity contribution is 6.04. The molecule has 1 aromatic heterocycles. The number of pyridine rings is 1. The second kappa shape index (κ2) is 6.00. The van der Waals surface area contributed by atoms with Crippen molar-refractivity contribution >= 4 is 17.3 Å². The smallest absolute Gasteiger partial charge is 0.274 e. The Hall–Kier alpha value is -2.96. The van der Waals surface area contributed by atoms with Crippen molar-refractivity contribution in [3.63, 3.8) is 0 Å². The molecule has 0 aliphatic carbocycles. The molecule has 0 radical (unpaired) electrons. The summed E-state index contributed by atoms with van der Waals surface area (Å²) in [5, 5.41) is 13.5.